The van der Waals surface area contributed by atoms with Crippen LogP contribution in [0, 0.1) is 10.1 Å². The summed E-state index contributed by atoms with van der Waals surface area (Å²) in [7, 11) is 0. The van der Waals surface area contributed by atoms with E-state index in [0.29, 0.717) is 23.3 Å². The molecule has 2 aliphatic rings. The number of nitro benzene ring substituents is 1. The smallest absolute Gasteiger partial charge is 0.293 e. The van der Waals surface area contributed by atoms with Crippen molar-refractivity contribution >= 4 is 22.8 Å². The van der Waals surface area contributed by atoms with E-state index in [4.69, 9.17) is 0 Å². The van der Waals surface area contributed by atoms with Gasteiger partial charge in [0.2, 0.25) is 0 Å². The van der Waals surface area contributed by atoms with E-state index in [0.717, 1.165) is 32.4 Å². The van der Waals surface area contributed by atoms with Crippen LogP contribution in [0.1, 0.15) is 42.6 Å². The van der Waals surface area contributed by atoms with Crippen molar-refractivity contribution in [1.82, 2.24) is 0 Å². The van der Waals surface area contributed by atoms with E-state index in [2.05, 4.69) is 41.0 Å². The molecule has 2 aliphatic heterocycles. The Morgan fingerprint density at radius 1 is 1.11 bits per heavy atom. The maximum absolute atomic E-state index is 11.6. The minimum atomic E-state index is -0.382. The monoisotopic (exact) mass is 379 g/mol. The Hall–Kier alpha value is -2.89. The molecule has 4 rings (SSSR count). The Kier molecular flexibility index (Phi) is 4.79. The van der Waals surface area contributed by atoms with Gasteiger partial charge in [-0.2, -0.15) is 0 Å². The summed E-state index contributed by atoms with van der Waals surface area (Å²) in [6.45, 7) is 5.25. The number of anilines is 2. The standard InChI is InChI=1S/C22H25N3O3/c1-15-13-18-5-3-4-6-20(18)24(15)19-9-11-23(12-10-19)21-8-7-17(16(2)26)14-22(21)25(27)28/h3-8,14-15,19H,9-13H2,1-2H3. The topological polar surface area (TPSA) is 66.7 Å². The Balaban J connectivity index is 1.52. The van der Waals surface area contributed by atoms with Gasteiger partial charge in [0.05, 0.1) is 4.92 Å². The zero-order valence-corrected chi connectivity index (χ0v) is 16.3. The van der Waals surface area contributed by atoms with Gasteiger partial charge in [-0.1, -0.05) is 18.2 Å². The summed E-state index contributed by atoms with van der Waals surface area (Å²) in [6.07, 6.45) is 3.00. The van der Waals surface area contributed by atoms with Crippen molar-refractivity contribution in [2.45, 2.75) is 45.2 Å². The Morgan fingerprint density at radius 3 is 2.50 bits per heavy atom. The van der Waals surface area contributed by atoms with Gasteiger partial charge in [0.25, 0.3) is 5.69 Å². The number of hydrogen-bond acceptors (Lipinski definition) is 5. The summed E-state index contributed by atoms with van der Waals surface area (Å²) in [5.74, 6) is -0.157. The normalized spacial score (nSPS) is 19.6. The van der Waals surface area contributed by atoms with Crippen molar-refractivity contribution < 1.29 is 9.72 Å². The number of carbonyl (C=O) groups excluding carboxylic acids is 1. The van der Waals surface area contributed by atoms with Crippen LogP contribution in [0.25, 0.3) is 0 Å². The molecule has 1 unspecified atom stereocenters. The van der Waals surface area contributed by atoms with Gasteiger partial charge in [0.15, 0.2) is 5.78 Å². The Labute approximate surface area is 164 Å². The lowest BCUT2D eigenvalue weighted by molar-refractivity contribution is -0.384. The molecule has 0 saturated carbocycles. The second kappa shape index (κ2) is 7.26. The zero-order chi connectivity index (χ0) is 19.8. The molecule has 2 aromatic rings. The van der Waals surface area contributed by atoms with Gasteiger partial charge in [-0.3, -0.25) is 14.9 Å². The van der Waals surface area contributed by atoms with E-state index in [1.807, 2.05) is 0 Å². The first-order valence-corrected chi connectivity index (χ1v) is 9.86. The number of carbonyl (C=O) groups is 1. The van der Waals surface area contributed by atoms with E-state index < -0.39 is 0 Å². The van der Waals surface area contributed by atoms with Crippen LogP contribution in [0.15, 0.2) is 42.5 Å². The van der Waals surface area contributed by atoms with Gasteiger partial charge in [-0.15, -0.1) is 0 Å². The van der Waals surface area contributed by atoms with Crippen molar-refractivity contribution in [3.63, 3.8) is 0 Å². The van der Waals surface area contributed by atoms with Gasteiger partial charge in [-0.25, -0.2) is 0 Å². The van der Waals surface area contributed by atoms with Crippen molar-refractivity contribution in [3.05, 3.63) is 63.7 Å². The molecule has 0 bridgehead atoms. The number of benzene rings is 2. The minimum Gasteiger partial charge on any atom is -0.366 e. The van der Waals surface area contributed by atoms with Crippen LogP contribution in [0.3, 0.4) is 0 Å². The number of nitrogens with zero attached hydrogens (tertiary/aromatic N) is 3. The lowest BCUT2D eigenvalue weighted by Crippen LogP contribution is -2.47. The number of fused-ring (bicyclic) bond motifs is 1. The average Bonchev–Trinajstić information content (AvgIpc) is 3.03. The number of Topliss-reactive ketones (excluding diaryl/α,β-unsaturated/α-hetero) is 1. The second-order valence-electron chi connectivity index (χ2n) is 7.82. The molecule has 0 spiro atoms. The van der Waals surface area contributed by atoms with E-state index in [9.17, 15) is 14.9 Å². The molecule has 1 fully saturated rings. The zero-order valence-electron chi connectivity index (χ0n) is 16.3. The largest absolute Gasteiger partial charge is 0.366 e. The molecule has 0 aliphatic carbocycles. The van der Waals surface area contributed by atoms with Crippen molar-refractivity contribution in [3.8, 4) is 0 Å². The highest BCUT2D eigenvalue weighted by Gasteiger charge is 2.34. The minimum absolute atomic E-state index is 0.0195. The summed E-state index contributed by atoms with van der Waals surface area (Å²) < 4.78 is 0. The molecule has 0 radical (unpaired) electrons. The summed E-state index contributed by atoms with van der Waals surface area (Å²) in [4.78, 5) is 27.4. The molecule has 0 N–H and O–H groups in total. The van der Waals surface area contributed by atoms with Crippen LogP contribution in [0.2, 0.25) is 0 Å². The molecule has 0 amide bonds. The highest BCUT2D eigenvalue weighted by Crippen LogP contribution is 2.38. The number of ketones is 1. The molecule has 1 atom stereocenters. The van der Waals surface area contributed by atoms with Crippen LogP contribution in [-0.4, -0.2) is 35.9 Å². The number of rotatable bonds is 4. The molecule has 1 saturated heterocycles. The molecule has 0 aromatic heterocycles. The van der Waals surface area contributed by atoms with Crippen LogP contribution in [0.5, 0.6) is 0 Å². The molecule has 6 nitrogen and oxygen atoms in total. The predicted molar refractivity (Wildman–Crippen MR) is 110 cm³/mol. The van der Waals surface area contributed by atoms with Crippen LogP contribution < -0.4 is 9.80 Å². The number of para-hydroxylation sites is 1. The molecular formula is C22H25N3O3. The third kappa shape index (κ3) is 3.23. The first-order chi connectivity index (χ1) is 13.5. The number of nitro groups is 1. The molecule has 2 heterocycles. The third-order valence-electron chi connectivity index (χ3n) is 6.04. The van der Waals surface area contributed by atoms with E-state index in [-0.39, 0.29) is 16.4 Å². The van der Waals surface area contributed by atoms with E-state index in [1.54, 1.807) is 12.1 Å². The quantitative estimate of drug-likeness (QED) is 0.452. The van der Waals surface area contributed by atoms with Gasteiger partial charge in [-0.05, 0) is 56.9 Å². The van der Waals surface area contributed by atoms with Crippen LogP contribution in [0.4, 0.5) is 17.1 Å². The highest BCUT2D eigenvalue weighted by molar-refractivity contribution is 5.95. The highest BCUT2D eigenvalue weighted by atomic mass is 16.6. The van der Waals surface area contributed by atoms with Crippen molar-refractivity contribution in [1.29, 1.82) is 0 Å². The number of hydrogen-bond donors (Lipinski definition) is 0. The van der Waals surface area contributed by atoms with Crippen LogP contribution >= 0.6 is 0 Å². The molecule has 2 aromatic carbocycles. The average molecular weight is 379 g/mol. The fraction of sp³-hybridized carbons (Fsp3) is 0.409. The summed E-state index contributed by atoms with van der Waals surface area (Å²) in [5, 5.41) is 11.6. The lowest BCUT2D eigenvalue weighted by atomic mass is 10.0. The van der Waals surface area contributed by atoms with Gasteiger partial charge in [0, 0.05) is 42.5 Å². The maximum Gasteiger partial charge on any atom is 0.293 e. The fourth-order valence-electron chi connectivity index (χ4n) is 4.69. The summed E-state index contributed by atoms with van der Waals surface area (Å²) in [5.41, 5.74) is 3.76. The summed E-state index contributed by atoms with van der Waals surface area (Å²) in [6, 6.07) is 14.4. The fourth-order valence-corrected chi connectivity index (χ4v) is 4.69. The van der Waals surface area contributed by atoms with Gasteiger partial charge < -0.3 is 9.80 Å². The third-order valence-corrected chi connectivity index (χ3v) is 6.04. The first kappa shape index (κ1) is 18.5. The lowest BCUT2D eigenvalue weighted by Gasteiger charge is -2.41. The van der Waals surface area contributed by atoms with E-state index in [1.165, 1.54) is 24.2 Å². The number of piperidine rings is 1. The molecular weight excluding hydrogens is 354 g/mol. The van der Waals surface area contributed by atoms with Gasteiger partial charge in [0.1, 0.15) is 5.69 Å². The molecule has 6 heteroatoms. The second-order valence-corrected chi connectivity index (χ2v) is 7.82. The summed E-state index contributed by atoms with van der Waals surface area (Å²) >= 11 is 0. The van der Waals surface area contributed by atoms with Crippen LogP contribution in [-0.2, 0) is 6.42 Å². The van der Waals surface area contributed by atoms with E-state index >= 15 is 0 Å². The SMILES string of the molecule is CC(=O)c1ccc(N2CCC(N3c4ccccc4CC3C)CC2)c([N+](=O)[O-])c1. The molecule has 146 valence electrons. The first-order valence-electron chi connectivity index (χ1n) is 9.86. The molecule has 28 heavy (non-hydrogen) atoms. The Morgan fingerprint density at radius 2 is 1.82 bits per heavy atom. The van der Waals surface area contributed by atoms with Gasteiger partial charge >= 0.3 is 0 Å². The maximum atomic E-state index is 11.6. The van der Waals surface area contributed by atoms with Crippen molar-refractivity contribution in [2.24, 2.45) is 0 Å². The predicted octanol–water partition coefficient (Wildman–Crippen LogP) is 4.22. The Bertz CT molecular complexity index is 919. The van der Waals surface area contributed by atoms with Crippen molar-refractivity contribution in [2.75, 3.05) is 22.9 Å².